The number of aromatic nitrogens is 3. The molecule has 5 heterocycles. The van der Waals surface area contributed by atoms with Gasteiger partial charge in [0.15, 0.2) is 5.96 Å². The standard InChI is InChI=1S/C75H109N25O26/c1-33(2)58(70(121)98-59(36(5)102)69(120)85-29-54(107)89-42(14-9-17-80-75(77)78)61(112)83-28-55(108)91-47(24-57(110)111)65(116)95-48(31-101)73(124)100-19-11-15-49(100)67(118)88-35(4)74(125)126)97-66(117)46-23-52(105)82-27-53(106)90-45(22-51(76)104)64(115)92-43(20-38-25-81-41-13-8-7-12-40(38)41)63(114)93-44(21-39-26-79-32-86-39)62(113)84-30-56(109)96-60(37(6)103)71(122)87-34(3)72(123)99-18-10-16-50(99)68(119)94-46/h7-8,12-13,25-26,32-37,42-50,58-60,81,101-103H,9-11,14-24,27-31H2,1-6H3,(H2,76,104)(H,79,86)(H,82,105)(H,83,112)(H,84,113)(H,85,120)(H,87,122)(H,88,118)(H,89,107)(H,90,106)(H,91,108)(H,92,115)(H,93,114)(H,94,119)(H,95,116)(H,96,109)(H,97,117)(H,98,121)(H,110,111)(H,125,126)(H4,77,78,80)/t34-,35-,36+,37+,42-,43-,44+,45+,46+,47-,48-,49+,50+,58-,59-,60+/m0/s1. The Labute approximate surface area is 718 Å². The number of benzene rings is 1. The van der Waals surface area contributed by atoms with Crippen LogP contribution in [-0.2, 0) is 114 Å². The molecule has 3 saturated heterocycles. The molecule has 3 aromatic rings. The molecule has 3 aliphatic rings. The Morgan fingerprint density at radius 1 is 0.619 bits per heavy atom. The molecule has 3 fully saturated rings. The van der Waals surface area contributed by atoms with E-state index in [2.05, 4.69) is 105 Å². The number of hydrogen-bond acceptors (Lipinski definition) is 26. The quantitative estimate of drug-likeness (QED) is 0.0150. The fraction of sp³-hybridized carbons (Fsp3) is 0.560. The molecular formula is C75H109N25O26. The van der Waals surface area contributed by atoms with Crippen LogP contribution in [-0.4, -0.2) is 330 Å². The molecule has 19 amide bonds. The number of guanidine groups is 1. The van der Waals surface area contributed by atoms with Crippen LogP contribution in [0.1, 0.15) is 111 Å². The molecule has 0 bridgehead atoms. The summed E-state index contributed by atoms with van der Waals surface area (Å²) in [6, 6.07) is -16.9. The van der Waals surface area contributed by atoms with E-state index in [1.54, 1.807) is 24.3 Å². The van der Waals surface area contributed by atoms with Gasteiger partial charge in [-0.3, -0.25) is 106 Å². The molecule has 0 unspecified atom stereocenters. The van der Waals surface area contributed by atoms with Gasteiger partial charge in [-0.1, -0.05) is 32.0 Å². The number of nitrogens with two attached hydrogens (primary N) is 2. The Hall–Kier alpha value is -14.0. The number of carbonyl (C=O) groups excluding carboxylic acids is 19. The van der Waals surface area contributed by atoms with E-state index in [0.29, 0.717) is 16.5 Å². The van der Waals surface area contributed by atoms with Gasteiger partial charge in [-0.05, 0) is 83.8 Å². The molecule has 126 heavy (non-hydrogen) atoms. The third-order valence-electron chi connectivity index (χ3n) is 20.1. The Bertz CT molecular complexity index is 4520. The third kappa shape index (κ3) is 30.8. The maximum Gasteiger partial charge on any atom is 0.325 e. The number of para-hydroxylation sites is 1. The first kappa shape index (κ1) is 101. The molecule has 1 aromatic carbocycles. The highest BCUT2D eigenvalue weighted by atomic mass is 16.4. The molecule has 690 valence electrons. The average Bonchev–Trinajstić information content (AvgIpc) is 1.78. The van der Waals surface area contributed by atoms with Crippen LogP contribution in [0.4, 0.5) is 0 Å². The van der Waals surface area contributed by atoms with E-state index >= 15 is 0 Å². The molecule has 2 aromatic heterocycles. The SMILES string of the molecule is CC(C)[C@H](NC(=O)[C@H]1CC(=O)NCC(=O)N[C@H](CC(N)=O)C(=O)N[C@@H](Cc2c[nH]c3ccccc23)C(=O)N[C@H](Cc2cnc[nH]2)C(=O)NCC(=O)N[C@H]([C@@H](C)O)C(=O)N[C@@H](C)C(=O)N2CCC[C@@H]2C(=O)N1)C(=O)N[C@H](C(=O)NCC(=O)N[C@@H](CCCNC(=N)N)C(=O)NCC(=O)N[C@@H](CC(=O)O)C(=O)N[C@@H](CO)C(=O)N1CCC[C@@H]1C(=O)N[C@@H](C)C(=O)O)[C@@H](C)O. The van der Waals surface area contributed by atoms with Crippen LogP contribution in [0.5, 0.6) is 0 Å². The molecule has 16 atom stereocenters. The summed E-state index contributed by atoms with van der Waals surface area (Å²) in [5, 5.41) is 98.1. The topological polar surface area (TPSA) is 791 Å². The normalized spacial score (nSPS) is 21.6. The van der Waals surface area contributed by atoms with Crippen LogP contribution in [0, 0.1) is 11.3 Å². The van der Waals surface area contributed by atoms with E-state index in [-0.39, 0.29) is 76.7 Å². The Balaban J connectivity index is 1.19. The summed E-state index contributed by atoms with van der Waals surface area (Å²) < 4.78 is 0. The molecule has 51 nitrogen and oxygen atoms in total. The van der Waals surface area contributed by atoms with Crippen molar-refractivity contribution in [2.75, 3.05) is 52.4 Å². The van der Waals surface area contributed by atoms with Gasteiger partial charge in [0, 0.05) is 61.5 Å². The van der Waals surface area contributed by atoms with Gasteiger partial charge in [0.05, 0.1) is 70.6 Å². The van der Waals surface area contributed by atoms with Crippen LogP contribution in [0.2, 0.25) is 0 Å². The molecule has 6 rings (SSSR count). The fourth-order valence-corrected chi connectivity index (χ4v) is 13.5. The molecule has 0 spiro atoms. The number of fused-ring (bicyclic) bond motifs is 2. The summed E-state index contributed by atoms with van der Waals surface area (Å²) in [5.74, 6) is -25.9. The number of aliphatic carboxylic acids is 2. The van der Waals surface area contributed by atoms with Crippen molar-refractivity contribution in [3.8, 4) is 0 Å². The highest BCUT2D eigenvalue weighted by Gasteiger charge is 2.44. The number of primary amides is 1. The predicted octanol–water partition coefficient (Wildman–Crippen LogP) is -12.5. The van der Waals surface area contributed by atoms with Gasteiger partial charge >= 0.3 is 11.9 Å². The van der Waals surface area contributed by atoms with Crippen molar-refractivity contribution in [2.24, 2.45) is 17.4 Å². The van der Waals surface area contributed by atoms with Crippen LogP contribution >= 0.6 is 0 Å². The second-order valence-corrected chi connectivity index (χ2v) is 30.4. The number of imidazole rings is 1. The number of rotatable bonds is 34. The number of nitrogens with zero attached hydrogens (tertiary/aromatic N) is 3. The van der Waals surface area contributed by atoms with Crippen LogP contribution in [0.15, 0.2) is 43.0 Å². The summed E-state index contributed by atoms with van der Waals surface area (Å²) in [7, 11) is 0. The maximum absolute atomic E-state index is 14.7. The summed E-state index contributed by atoms with van der Waals surface area (Å²) in [6.45, 7) is 1.98. The maximum atomic E-state index is 14.7. The van der Waals surface area contributed by atoms with E-state index in [1.807, 2.05) is 0 Å². The number of carboxylic acids is 2. The van der Waals surface area contributed by atoms with Crippen LogP contribution < -0.4 is 102 Å². The number of hydrogen-bond donors (Lipinski definition) is 27. The summed E-state index contributed by atoms with van der Waals surface area (Å²) in [5.41, 5.74) is 12.3. The minimum Gasteiger partial charge on any atom is -0.481 e. The summed E-state index contributed by atoms with van der Waals surface area (Å²) >= 11 is 0. The van der Waals surface area contributed by atoms with E-state index in [1.165, 1.54) is 46.4 Å². The highest BCUT2D eigenvalue weighted by molar-refractivity contribution is 6.03. The lowest BCUT2D eigenvalue weighted by Gasteiger charge is -2.30. The van der Waals surface area contributed by atoms with E-state index < -0.39 is 285 Å². The number of aliphatic hydroxyl groups excluding tert-OH is 3. The predicted molar refractivity (Wildman–Crippen MR) is 433 cm³/mol. The van der Waals surface area contributed by atoms with E-state index in [0.717, 1.165) is 23.6 Å². The van der Waals surface area contributed by atoms with Gasteiger partial charge in [0.2, 0.25) is 112 Å². The van der Waals surface area contributed by atoms with Crippen molar-refractivity contribution in [3.05, 3.63) is 54.2 Å². The van der Waals surface area contributed by atoms with Gasteiger partial charge in [-0.15, -0.1) is 0 Å². The lowest BCUT2D eigenvalue weighted by Crippen LogP contribution is -2.62. The van der Waals surface area contributed by atoms with Crippen molar-refractivity contribution in [1.82, 2.24) is 115 Å². The lowest BCUT2D eigenvalue weighted by molar-refractivity contribution is -0.145. The number of carboxylic acid groups (broad SMARTS) is 2. The second kappa shape index (κ2) is 48.2. The highest BCUT2D eigenvalue weighted by Crippen LogP contribution is 2.23. The summed E-state index contributed by atoms with van der Waals surface area (Å²) in [6.07, 6.45) is -3.10. The molecule has 0 saturated carbocycles. The zero-order valence-corrected chi connectivity index (χ0v) is 69.6. The Morgan fingerprint density at radius 2 is 1.25 bits per heavy atom. The van der Waals surface area contributed by atoms with Crippen molar-refractivity contribution in [1.29, 1.82) is 5.41 Å². The summed E-state index contributed by atoms with van der Waals surface area (Å²) in [4.78, 5) is 299. The number of H-pyrrole nitrogens is 2. The van der Waals surface area contributed by atoms with Crippen molar-refractivity contribution < 1.29 is 126 Å². The number of nitrogens with one attached hydrogen (secondary N) is 20. The van der Waals surface area contributed by atoms with Crippen LogP contribution in [0.25, 0.3) is 10.9 Å². The first-order valence-electron chi connectivity index (χ1n) is 40.1. The molecule has 0 radical (unpaired) electrons. The Morgan fingerprint density at radius 3 is 1.87 bits per heavy atom. The van der Waals surface area contributed by atoms with E-state index in [9.17, 15) is 126 Å². The van der Waals surface area contributed by atoms with Gasteiger partial charge < -0.3 is 147 Å². The zero-order chi connectivity index (χ0) is 93.5. The lowest BCUT2D eigenvalue weighted by atomic mass is 10.0. The van der Waals surface area contributed by atoms with Crippen molar-refractivity contribution >= 4 is 141 Å². The molecule has 0 aliphatic carbocycles. The zero-order valence-electron chi connectivity index (χ0n) is 69.6. The number of aliphatic hydroxyl groups is 3. The van der Waals surface area contributed by atoms with Gasteiger partial charge in [0.1, 0.15) is 84.6 Å². The van der Waals surface area contributed by atoms with E-state index in [4.69, 9.17) is 16.9 Å². The fourth-order valence-electron chi connectivity index (χ4n) is 13.5. The number of aromatic amines is 2. The minimum atomic E-state index is -2.06. The average molecular weight is 1780 g/mol. The minimum absolute atomic E-state index is 0.0270. The Kier molecular flexibility index (Phi) is 38.5. The molecule has 51 heteroatoms. The number of carbonyl (C=O) groups is 21. The third-order valence-corrected chi connectivity index (χ3v) is 20.1. The van der Waals surface area contributed by atoms with Crippen LogP contribution in [0.3, 0.4) is 0 Å². The first-order chi connectivity index (χ1) is 59.5. The first-order valence-corrected chi connectivity index (χ1v) is 40.1. The molecular weight excluding hydrogens is 1670 g/mol. The largest absolute Gasteiger partial charge is 0.481 e. The monoisotopic (exact) mass is 1780 g/mol. The number of amides is 19. The van der Waals surface area contributed by atoms with Gasteiger partial charge in [-0.2, -0.15) is 0 Å². The molecule has 3 aliphatic heterocycles. The van der Waals surface area contributed by atoms with Gasteiger partial charge in [-0.25, -0.2) is 4.98 Å². The second-order valence-electron chi connectivity index (χ2n) is 30.4. The van der Waals surface area contributed by atoms with Crippen molar-refractivity contribution in [2.45, 2.75) is 209 Å². The van der Waals surface area contributed by atoms with Crippen molar-refractivity contribution in [3.63, 3.8) is 0 Å². The number of likely N-dealkylation sites (tertiary alicyclic amines) is 1. The van der Waals surface area contributed by atoms with Gasteiger partial charge in [0.25, 0.3) is 0 Å². The smallest absolute Gasteiger partial charge is 0.325 e. The molecule has 29 N–H and O–H groups in total.